The highest BCUT2D eigenvalue weighted by Gasteiger charge is 2.19. The first-order valence-electron chi connectivity index (χ1n) is 10.1. The van der Waals surface area contributed by atoms with E-state index in [4.69, 9.17) is 20.3 Å². The number of hydrogen-bond donors (Lipinski definition) is 1. The lowest BCUT2D eigenvalue weighted by molar-refractivity contribution is 0.368. The number of anilines is 1. The monoisotopic (exact) mass is 429 g/mol. The molecule has 2 aromatic heterocycles. The molecule has 0 unspecified atom stereocenters. The standard InChI is InChI=1S/C24H20FN5O2/c1-31-18-8-5-9-19(21(18)25)32-17-12-10-15(11-13-17)22-20-23(26)27-14-28-24(20)30(29-22)16-6-3-2-4-7-16/h3,5-14H,2,4H2,1H3,(H2,26,27,28). The Morgan fingerprint density at radius 3 is 2.59 bits per heavy atom. The Balaban J connectivity index is 1.53. The van der Waals surface area contributed by atoms with Gasteiger partial charge in [0.1, 0.15) is 23.6 Å². The van der Waals surface area contributed by atoms with Gasteiger partial charge in [-0.1, -0.05) is 18.2 Å². The van der Waals surface area contributed by atoms with Crippen LogP contribution in [-0.2, 0) is 0 Å². The molecule has 0 bridgehead atoms. The maximum absolute atomic E-state index is 14.4. The number of hydrogen-bond acceptors (Lipinski definition) is 6. The number of ether oxygens (including phenoxy) is 2. The van der Waals surface area contributed by atoms with Crippen LogP contribution in [0.1, 0.15) is 12.8 Å². The molecule has 0 fully saturated rings. The van der Waals surface area contributed by atoms with Crippen LogP contribution in [0.25, 0.3) is 28.0 Å². The van der Waals surface area contributed by atoms with Crippen LogP contribution in [0.4, 0.5) is 10.2 Å². The molecule has 0 saturated carbocycles. The molecule has 7 nitrogen and oxygen atoms in total. The second-order valence-electron chi connectivity index (χ2n) is 7.23. The first kappa shape index (κ1) is 19.7. The van der Waals surface area contributed by atoms with E-state index in [1.165, 1.54) is 19.5 Å². The second-order valence-corrected chi connectivity index (χ2v) is 7.23. The Morgan fingerprint density at radius 1 is 1.03 bits per heavy atom. The van der Waals surface area contributed by atoms with E-state index in [0.29, 0.717) is 28.3 Å². The Morgan fingerprint density at radius 2 is 1.84 bits per heavy atom. The third kappa shape index (κ3) is 3.45. The molecule has 1 aliphatic rings. The summed E-state index contributed by atoms with van der Waals surface area (Å²) >= 11 is 0. The first-order valence-corrected chi connectivity index (χ1v) is 10.1. The van der Waals surface area contributed by atoms with Crippen LogP contribution in [0.3, 0.4) is 0 Å². The van der Waals surface area contributed by atoms with Gasteiger partial charge in [0.2, 0.25) is 5.82 Å². The zero-order valence-electron chi connectivity index (χ0n) is 17.3. The Bertz CT molecular complexity index is 1360. The molecule has 4 aromatic rings. The molecule has 2 aromatic carbocycles. The highest BCUT2D eigenvalue weighted by atomic mass is 19.1. The van der Waals surface area contributed by atoms with E-state index in [1.54, 1.807) is 28.9 Å². The minimum absolute atomic E-state index is 0.0838. The summed E-state index contributed by atoms with van der Waals surface area (Å²) in [7, 11) is 1.41. The van der Waals surface area contributed by atoms with Gasteiger partial charge in [-0.15, -0.1) is 0 Å². The van der Waals surface area contributed by atoms with Crippen molar-refractivity contribution in [2.45, 2.75) is 12.8 Å². The van der Waals surface area contributed by atoms with Crippen molar-refractivity contribution in [3.05, 3.63) is 72.8 Å². The summed E-state index contributed by atoms with van der Waals surface area (Å²) in [5.41, 5.74) is 9.26. The molecule has 8 heteroatoms. The smallest absolute Gasteiger partial charge is 0.207 e. The largest absolute Gasteiger partial charge is 0.494 e. The quantitative estimate of drug-likeness (QED) is 0.469. The molecular formula is C24H20FN5O2. The third-order valence-electron chi connectivity index (χ3n) is 5.22. The summed E-state index contributed by atoms with van der Waals surface area (Å²) in [6.07, 6.45) is 9.63. The van der Waals surface area contributed by atoms with E-state index in [2.05, 4.69) is 22.1 Å². The summed E-state index contributed by atoms with van der Waals surface area (Å²) in [4.78, 5) is 8.57. The number of allylic oxidation sites excluding steroid dienone is 4. The van der Waals surface area contributed by atoms with Crippen LogP contribution in [0.5, 0.6) is 17.2 Å². The summed E-state index contributed by atoms with van der Waals surface area (Å²) < 4.78 is 26.9. The zero-order chi connectivity index (χ0) is 22.1. The van der Waals surface area contributed by atoms with Gasteiger partial charge in [-0.05, 0) is 55.3 Å². The molecule has 160 valence electrons. The van der Waals surface area contributed by atoms with Crippen molar-refractivity contribution in [3.8, 4) is 28.5 Å². The van der Waals surface area contributed by atoms with Crippen molar-refractivity contribution in [2.24, 2.45) is 0 Å². The van der Waals surface area contributed by atoms with Gasteiger partial charge >= 0.3 is 0 Å². The van der Waals surface area contributed by atoms with Gasteiger partial charge in [-0.25, -0.2) is 14.6 Å². The Labute approximate surface area is 183 Å². The Kier molecular flexibility index (Phi) is 5.03. The summed E-state index contributed by atoms with van der Waals surface area (Å²) in [6.45, 7) is 0. The van der Waals surface area contributed by atoms with Crippen LogP contribution >= 0.6 is 0 Å². The van der Waals surface area contributed by atoms with Crippen LogP contribution < -0.4 is 15.2 Å². The number of fused-ring (bicyclic) bond motifs is 1. The fraction of sp³-hybridized carbons (Fsp3) is 0.125. The second kappa shape index (κ2) is 8.14. The minimum Gasteiger partial charge on any atom is -0.494 e. The average Bonchev–Trinajstić information content (AvgIpc) is 3.23. The predicted octanol–water partition coefficient (Wildman–Crippen LogP) is 5.21. The van der Waals surface area contributed by atoms with E-state index in [-0.39, 0.29) is 11.5 Å². The number of halogens is 1. The van der Waals surface area contributed by atoms with E-state index in [0.717, 1.165) is 24.1 Å². The van der Waals surface area contributed by atoms with Crippen molar-refractivity contribution in [1.82, 2.24) is 19.7 Å². The molecule has 0 amide bonds. The highest BCUT2D eigenvalue weighted by Crippen LogP contribution is 2.35. The number of nitrogens with two attached hydrogens (primary N) is 1. The molecule has 0 spiro atoms. The number of nitrogen functional groups attached to an aromatic ring is 1. The van der Waals surface area contributed by atoms with Gasteiger partial charge in [-0.2, -0.15) is 9.49 Å². The lowest BCUT2D eigenvalue weighted by atomic mass is 10.1. The van der Waals surface area contributed by atoms with Gasteiger partial charge in [0.15, 0.2) is 17.1 Å². The van der Waals surface area contributed by atoms with E-state index in [9.17, 15) is 4.39 Å². The molecule has 0 atom stereocenters. The Hall–Kier alpha value is -4.20. The van der Waals surface area contributed by atoms with Crippen molar-refractivity contribution in [1.29, 1.82) is 0 Å². The SMILES string of the molecule is COc1cccc(Oc2ccc(-c3nn(C4=CCCC=C4)c4ncnc(N)c34)cc2)c1F. The third-order valence-corrected chi connectivity index (χ3v) is 5.22. The highest BCUT2D eigenvalue weighted by molar-refractivity contribution is 5.99. The summed E-state index contributed by atoms with van der Waals surface area (Å²) in [5.74, 6) is 0.489. The van der Waals surface area contributed by atoms with Crippen molar-refractivity contribution in [3.63, 3.8) is 0 Å². The van der Waals surface area contributed by atoms with Crippen molar-refractivity contribution < 1.29 is 13.9 Å². The van der Waals surface area contributed by atoms with E-state index in [1.807, 2.05) is 18.2 Å². The lowest BCUT2D eigenvalue weighted by Crippen LogP contribution is -2.01. The number of rotatable bonds is 5. The number of nitrogens with zero attached hydrogens (tertiary/aromatic N) is 4. The maximum Gasteiger partial charge on any atom is 0.207 e. The van der Waals surface area contributed by atoms with Gasteiger partial charge in [0.25, 0.3) is 0 Å². The van der Waals surface area contributed by atoms with Crippen LogP contribution in [0.15, 0.2) is 67.0 Å². The number of methoxy groups -OCH3 is 1. The van der Waals surface area contributed by atoms with Gasteiger partial charge in [0, 0.05) is 5.56 Å². The topological polar surface area (TPSA) is 88.1 Å². The molecule has 32 heavy (non-hydrogen) atoms. The first-order chi connectivity index (χ1) is 15.7. The van der Waals surface area contributed by atoms with E-state index >= 15 is 0 Å². The average molecular weight is 429 g/mol. The summed E-state index contributed by atoms with van der Waals surface area (Å²) in [6, 6.07) is 11.9. The molecule has 0 saturated heterocycles. The number of benzene rings is 2. The van der Waals surface area contributed by atoms with Crippen LogP contribution in [0.2, 0.25) is 0 Å². The molecule has 5 rings (SSSR count). The van der Waals surface area contributed by atoms with Crippen molar-refractivity contribution in [2.75, 3.05) is 12.8 Å². The molecule has 0 radical (unpaired) electrons. The molecule has 2 heterocycles. The normalized spacial score (nSPS) is 13.2. The molecule has 0 aliphatic heterocycles. The molecule has 2 N–H and O–H groups in total. The van der Waals surface area contributed by atoms with Gasteiger partial charge in [-0.3, -0.25) is 0 Å². The summed E-state index contributed by atoms with van der Waals surface area (Å²) in [5, 5.41) is 5.47. The van der Waals surface area contributed by atoms with Gasteiger partial charge in [0.05, 0.1) is 18.2 Å². The number of aromatic nitrogens is 4. The zero-order valence-corrected chi connectivity index (χ0v) is 17.3. The van der Waals surface area contributed by atoms with Gasteiger partial charge < -0.3 is 15.2 Å². The molecular weight excluding hydrogens is 409 g/mol. The van der Waals surface area contributed by atoms with Crippen molar-refractivity contribution >= 4 is 22.5 Å². The van der Waals surface area contributed by atoms with Crippen LogP contribution in [0, 0.1) is 5.82 Å². The van der Waals surface area contributed by atoms with E-state index < -0.39 is 5.82 Å². The minimum atomic E-state index is -0.553. The molecule has 1 aliphatic carbocycles. The fourth-order valence-electron chi connectivity index (χ4n) is 3.65. The maximum atomic E-state index is 14.4. The predicted molar refractivity (Wildman–Crippen MR) is 121 cm³/mol. The fourth-order valence-corrected chi connectivity index (χ4v) is 3.65. The van der Waals surface area contributed by atoms with Crippen LogP contribution in [-0.4, -0.2) is 26.9 Å². The lowest BCUT2D eigenvalue weighted by Gasteiger charge is -2.09.